The maximum Gasteiger partial charge on any atom is 0.411 e. The smallest absolute Gasteiger partial charge is 0.411 e. The molecule has 0 aliphatic rings. The van der Waals surface area contributed by atoms with Crippen LogP contribution in [0.2, 0.25) is 0 Å². The average molecular weight is 604 g/mol. The van der Waals surface area contributed by atoms with E-state index < -0.39 is 24.9 Å². The van der Waals surface area contributed by atoms with E-state index in [0.717, 1.165) is 32.7 Å². The number of carboxylic acids is 1. The predicted octanol–water partition coefficient (Wildman–Crippen LogP) is 5.90. The highest BCUT2D eigenvalue weighted by atomic mass is 32.1. The summed E-state index contributed by atoms with van der Waals surface area (Å²) in [6.07, 6.45) is -2.60. The van der Waals surface area contributed by atoms with Crippen molar-refractivity contribution in [1.29, 1.82) is 0 Å². The molecule has 1 aromatic heterocycles. The van der Waals surface area contributed by atoms with Crippen LogP contribution in [0.4, 0.5) is 13.2 Å². The monoisotopic (exact) mass is 603 g/mol. The van der Waals surface area contributed by atoms with Crippen LogP contribution in [-0.2, 0) is 22.5 Å². The highest BCUT2D eigenvalue weighted by molar-refractivity contribution is 7.16. The molecule has 42 heavy (non-hydrogen) atoms. The number of fused-ring (bicyclic) bond motifs is 1. The Morgan fingerprint density at radius 1 is 0.952 bits per heavy atom. The Morgan fingerprint density at radius 3 is 2.24 bits per heavy atom. The van der Waals surface area contributed by atoms with Gasteiger partial charge in [-0.25, -0.2) is 4.79 Å². The molecule has 4 aromatic rings. The summed E-state index contributed by atoms with van der Waals surface area (Å²) in [4.78, 5) is 23.8. The molecule has 1 atom stereocenters. The Labute approximate surface area is 243 Å². The van der Waals surface area contributed by atoms with Gasteiger partial charge in [0.15, 0.2) is 6.10 Å². The van der Waals surface area contributed by atoms with Crippen LogP contribution in [0.3, 0.4) is 0 Å². The van der Waals surface area contributed by atoms with Gasteiger partial charge in [-0.2, -0.15) is 13.2 Å². The minimum Gasteiger partial charge on any atom is -0.497 e. The lowest BCUT2D eigenvalue weighted by Gasteiger charge is -2.15. The lowest BCUT2D eigenvalue weighted by molar-refractivity contribution is -0.192. The first-order valence-corrected chi connectivity index (χ1v) is 13.5. The first kappa shape index (κ1) is 30.7. The molecule has 0 saturated carbocycles. The van der Waals surface area contributed by atoms with Crippen molar-refractivity contribution in [2.24, 2.45) is 0 Å². The highest BCUT2D eigenvalue weighted by Crippen LogP contribution is 2.25. The van der Waals surface area contributed by atoms with Crippen molar-refractivity contribution < 1.29 is 42.0 Å². The molecule has 0 spiro atoms. The molecule has 0 aliphatic carbocycles. The molecule has 0 radical (unpaired) electrons. The second-order valence-electron chi connectivity index (χ2n) is 9.18. The van der Waals surface area contributed by atoms with Gasteiger partial charge in [0.1, 0.15) is 30.5 Å². The summed E-state index contributed by atoms with van der Waals surface area (Å²) in [6, 6.07) is 17.6. The van der Waals surface area contributed by atoms with Gasteiger partial charge >= 0.3 is 17.0 Å². The largest absolute Gasteiger partial charge is 0.497 e. The Morgan fingerprint density at radius 2 is 1.62 bits per heavy atom. The minimum absolute atomic E-state index is 0.124. The molecule has 0 aliphatic heterocycles. The number of aromatic nitrogens is 1. The summed E-state index contributed by atoms with van der Waals surface area (Å²) in [5.74, 6) is 0.350. The summed E-state index contributed by atoms with van der Waals surface area (Å²) in [5.41, 5.74) is 3.08. The number of alkyl halides is 3. The molecule has 0 fully saturated rings. The average Bonchev–Trinajstić information content (AvgIpc) is 3.27. The van der Waals surface area contributed by atoms with Gasteiger partial charge in [-0.1, -0.05) is 41.7 Å². The predicted molar refractivity (Wildman–Crippen MR) is 154 cm³/mol. The van der Waals surface area contributed by atoms with Crippen molar-refractivity contribution >= 4 is 39.7 Å². The molecular weight excluding hydrogens is 575 g/mol. The van der Waals surface area contributed by atoms with E-state index in [1.807, 2.05) is 42.5 Å². The second-order valence-corrected chi connectivity index (χ2v) is 10.2. The number of nitrogens with zero attached hydrogens (tertiary/aromatic N) is 1. The van der Waals surface area contributed by atoms with E-state index >= 15 is 0 Å². The van der Waals surface area contributed by atoms with E-state index in [2.05, 4.69) is 4.74 Å². The normalized spacial score (nSPS) is 12.5. The fourth-order valence-corrected chi connectivity index (χ4v) is 5.09. The minimum atomic E-state index is -4.62. The number of thiazole rings is 1. The fraction of sp³-hybridized carbons (Fsp3) is 0.267. The van der Waals surface area contributed by atoms with Crippen LogP contribution in [0.15, 0.2) is 65.5 Å². The maximum absolute atomic E-state index is 12.7. The van der Waals surface area contributed by atoms with E-state index in [0.29, 0.717) is 29.4 Å². The number of rotatable bonds is 13. The zero-order chi connectivity index (χ0) is 30.3. The number of halogens is 3. The molecule has 0 amide bonds. The van der Waals surface area contributed by atoms with Crippen LogP contribution in [0, 0.1) is 0 Å². The zero-order valence-electron chi connectivity index (χ0n) is 22.7. The van der Waals surface area contributed by atoms with Crippen LogP contribution in [0.25, 0.3) is 22.4 Å². The van der Waals surface area contributed by atoms with E-state index in [4.69, 9.17) is 19.3 Å². The number of carbonyl (C=O) groups is 1. The van der Waals surface area contributed by atoms with Crippen LogP contribution < -0.4 is 19.1 Å². The second kappa shape index (κ2) is 13.6. The summed E-state index contributed by atoms with van der Waals surface area (Å²) in [7, 11) is 3.18. The van der Waals surface area contributed by atoms with Crippen LogP contribution in [-0.4, -0.2) is 55.4 Å². The molecule has 1 N–H and O–H groups in total. The summed E-state index contributed by atoms with van der Waals surface area (Å²) in [6.45, 7) is -1.15. The number of hydrogen-bond donors (Lipinski definition) is 1. The lowest BCUT2D eigenvalue weighted by atomic mass is 10.1. The maximum atomic E-state index is 12.7. The molecule has 222 valence electrons. The Bertz CT molecular complexity index is 1590. The third-order valence-electron chi connectivity index (χ3n) is 6.19. The molecule has 8 nitrogen and oxygen atoms in total. The Balaban J connectivity index is 1.36. The van der Waals surface area contributed by atoms with E-state index in [1.165, 1.54) is 0 Å². The van der Waals surface area contributed by atoms with Crippen molar-refractivity contribution in [3.8, 4) is 17.2 Å². The number of ether oxygens (including phenoxy) is 4. The molecule has 0 saturated heterocycles. The van der Waals surface area contributed by atoms with Crippen molar-refractivity contribution in [1.82, 2.24) is 4.57 Å². The number of methoxy groups -OCH3 is 2. The van der Waals surface area contributed by atoms with Crippen molar-refractivity contribution in [2.45, 2.75) is 25.2 Å². The number of carboxylic acid groups (broad SMARTS) is 1. The third kappa shape index (κ3) is 8.37. The van der Waals surface area contributed by atoms with Gasteiger partial charge < -0.3 is 24.1 Å². The molecule has 1 unspecified atom stereocenters. The summed E-state index contributed by atoms with van der Waals surface area (Å²) < 4.78 is 60.5. The first-order valence-electron chi connectivity index (χ1n) is 12.7. The van der Waals surface area contributed by atoms with E-state index in [9.17, 15) is 22.8 Å². The Kier molecular flexibility index (Phi) is 9.92. The van der Waals surface area contributed by atoms with E-state index in [-0.39, 0.29) is 17.9 Å². The third-order valence-corrected chi connectivity index (χ3v) is 7.13. The van der Waals surface area contributed by atoms with Crippen LogP contribution in [0.5, 0.6) is 17.2 Å². The van der Waals surface area contributed by atoms with Gasteiger partial charge in [-0.3, -0.25) is 9.36 Å². The van der Waals surface area contributed by atoms with Crippen molar-refractivity contribution in [3.05, 3.63) is 87.0 Å². The van der Waals surface area contributed by atoms with Gasteiger partial charge in [-0.05, 0) is 53.1 Å². The molecule has 12 heteroatoms. The zero-order valence-corrected chi connectivity index (χ0v) is 23.5. The Hall–Kier alpha value is -4.29. The van der Waals surface area contributed by atoms with Gasteiger partial charge in [-0.15, -0.1) is 0 Å². The van der Waals surface area contributed by atoms with Gasteiger partial charge in [0.2, 0.25) is 0 Å². The molecule has 3 aromatic carbocycles. The first-order chi connectivity index (χ1) is 20.0. The van der Waals surface area contributed by atoms with Crippen molar-refractivity contribution in [3.63, 3.8) is 0 Å². The molecular formula is C30H28F3NO7S. The van der Waals surface area contributed by atoms with Gasteiger partial charge in [0, 0.05) is 12.5 Å². The van der Waals surface area contributed by atoms with Gasteiger partial charge in [0.25, 0.3) is 0 Å². The number of benzene rings is 3. The number of aliphatic carboxylic acids is 1. The summed E-state index contributed by atoms with van der Waals surface area (Å²) >= 11 is 1.14. The molecule has 0 bridgehead atoms. The highest BCUT2D eigenvalue weighted by Gasteiger charge is 2.31. The topological polar surface area (TPSA) is 96.2 Å². The molecule has 1 heterocycles. The van der Waals surface area contributed by atoms with Crippen molar-refractivity contribution in [2.75, 3.05) is 27.4 Å². The van der Waals surface area contributed by atoms with E-state index in [1.54, 1.807) is 49.1 Å². The SMILES string of the molecule is COc1cc(/C=C/c2ccc3c(c2)sc(=O)n3CCOc2ccc(CC(OCC(F)(F)F)C(=O)O)cc2)cc(OC)c1. The number of hydrogen-bond acceptors (Lipinski definition) is 7. The quantitative estimate of drug-likeness (QED) is 0.190. The molecule has 4 rings (SSSR count). The van der Waals surface area contributed by atoms with Crippen LogP contribution in [0.1, 0.15) is 16.7 Å². The lowest BCUT2D eigenvalue weighted by Crippen LogP contribution is -2.31. The fourth-order valence-electron chi connectivity index (χ4n) is 4.12. The standard InChI is InChI=1S/C30H28F3NO7S/c1-38-23-13-21(14-24(17-23)39-2)4-3-20-7-10-25-27(16-20)42-29(37)34(25)11-12-40-22-8-5-19(6-9-22)15-26(28(35)36)41-18-30(31,32)33/h3-10,13-14,16-17,26H,11-12,15,18H2,1-2H3,(H,35,36)/b4-3+. The van der Waals surface area contributed by atoms with Gasteiger partial charge in [0.05, 0.1) is 31.0 Å². The van der Waals surface area contributed by atoms with Crippen LogP contribution >= 0.6 is 11.3 Å². The summed E-state index contributed by atoms with van der Waals surface area (Å²) in [5, 5.41) is 9.16.